The summed E-state index contributed by atoms with van der Waals surface area (Å²) in [6, 6.07) is 16.8. The van der Waals surface area contributed by atoms with Crippen LogP contribution in [-0.2, 0) is 6.54 Å². The van der Waals surface area contributed by atoms with Gasteiger partial charge in [-0.15, -0.1) is 0 Å². The van der Waals surface area contributed by atoms with Crippen LogP contribution < -0.4 is 10.1 Å². The van der Waals surface area contributed by atoms with Crippen LogP contribution in [0.5, 0.6) is 11.5 Å². The minimum absolute atomic E-state index is 0.0253. The van der Waals surface area contributed by atoms with Crippen LogP contribution in [0.3, 0.4) is 0 Å². The maximum absolute atomic E-state index is 12.9. The number of nitrogens with zero attached hydrogens (tertiary/aromatic N) is 2. The number of carbonyl (C=O) groups excluding carboxylic acids is 2. The number of rotatable bonds is 7. The zero-order chi connectivity index (χ0) is 23.4. The maximum atomic E-state index is 12.9. The van der Waals surface area contributed by atoms with Crippen LogP contribution in [-0.4, -0.2) is 21.7 Å². The Bertz CT molecular complexity index is 1350. The summed E-state index contributed by atoms with van der Waals surface area (Å²) in [5, 5.41) is 3.83. The van der Waals surface area contributed by atoms with E-state index in [0.717, 1.165) is 27.6 Å². The molecular weight excluding hydrogens is 414 g/mol. The number of pyridine rings is 2. The number of Topliss-reactive ketones (excluding diaryl/α,β-unsaturated/α-hetero) is 1. The summed E-state index contributed by atoms with van der Waals surface area (Å²) in [4.78, 5) is 33.3. The number of amides is 1. The highest BCUT2D eigenvalue weighted by Gasteiger charge is 2.14. The fourth-order valence-corrected chi connectivity index (χ4v) is 3.61. The lowest BCUT2D eigenvalue weighted by Crippen LogP contribution is -2.24. The van der Waals surface area contributed by atoms with Crippen LogP contribution >= 0.6 is 0 Å². The monoisotopic (exact) mass is 439 g/mol. The van der Waals surface area contributed by atoms with E-state index >= 15 is 0 Å². The Balaban J connectivity index is 1.53. The summed E-state index contributed by atoms with van der Waals surface area (Å²) in [6.45, 7) is 5.98. The molecule has 0 bridgehead atoms. The lowest BCUT2D eigenvalue weighted by Gasteiger charge is -2.14. The Kier molecular flexibility index (Phi) is 6.45. The van der Waals surface area contributed by atoms with E-state index in [1.165, 1.54) is 0 Å². The van der Waals surface area contributed by atoms with Gasteiger partial charge in [-0.1, -0.05) is 19.1 Å². The molecule has 6 heteroatoms. The van der Waals surface area contributed by atoms with Crippen molar-refractivity contribution in [3.63, 3.8) is 0 Å². The first kappa shape index (κ1) is 22.1. The van der Waals surface area contributed by atoms with Crippen LogP contribution in [0, 0.1) is 13.8 Å². The highest BCUT2D eigenvalue weighted by atomic mass is 16.5. The van der Waals surface area contributed by atoms with E-state index in [-0.39, 0.29) is 11.7 Å². The Hall–Kier alpha value is -4.06. The van der Waals surface area contributed by atoms with Crippen molar-refractivity contribution >= 4 is 22.6 Å². The van der Waals surface area contributed by atoms with Crippen LogP contribution in [0.15, 0.2) is 67.0 Å². The van der Waals surface area contributed by atoms with Crippen molar-refractivity contribution in [3.05, 3.63) is 94.9 Å². The summed E-state index contributed by atoms with van der Waals surface area (Å²) in [5.41, 5.74) is 4.48. The van der Waals surface area contributed by atoms with E-state index < -0.39 is 0 Å². The van der Waals surface area contributed by atoms with Crippen molar-refractivity contribution in [2.45, 2.75) is 33.7 Å². The summed E-state index contributed by atoms with van der Waals surface area (Å²) in [7, 11) is 0. The SMILES string of the molecule is CCC(=O)c1cc(CNC(=O)c2cccc(Oc3ccnc4cc(C)ccc34)c2C)ccn1. The first-order chi connectivity index (χ1) is 16.0. The fourth-order valence-electron chi connectivity index (χ4n) is 3.61. The highest BCUT2D eigenvalue weighted by Crippen LogP contribution is 2.32. The van der Waals surface area contributed by atoms with Gasteiger partial charge in [0.15, 0.2) is 5.78 Å². The van der Waals surface area contributed by atoms with E-state index in [1.54, 1.807) is 43.6 Å². The van der Waals surface area contributed by atoms with E-state index in [9.17, 15) is 9.59 Å². The molecule has 6 nitrogen and oxygen atoms in total. The molecule has 0 atom stereocenters. The van der Waals surface area contributed by atoms with Gasteiger partial charge in [-0.05, 0) is 67.4 Å². The van der Waals surface area contributed by atoms with Crippen molar-refractivity contribution in [3.8, 4) is 11.5 Å². The molecule has 2 aromatic heterocycles. The number of hydrogen-bond donors (Lipinski definition) is 1. The van der Waals surface area contributed by atoms with Crippen LogP contribution in [0.4, 0.5) is 0 Å². The number of aromatic nitrogens is 2. The molecule has 2 heterocycles. The van der Waals surface area contributed by atoms with E-state index in [1.807, 2.05) is 44.2 Å². The number of aryl methyl sites for hydroxylation is 1. The van der Waals surface area contributed by atoms with E-state index in [2.05, 4.69) is 15.3 Å². The van der Waals surface area contributed by atoms with Crippen molar-refractivity contribution in [2.24, 2.45) is 0 Å². The number of benzene rings is 2. The lowest BCUT2D eigenvalue weighted by atomic mass is 10.1. The molecule has 1 amide bonds. The van der Waals surface area contributed by atoms with Crippen LogP contribution in [0.1, 0.15) is 50.9 Å². The molecule has 33 heavy (non-hydrogen) atoms. The third-order valence-electron chi connectivity index (χ3n) is 5.49. The predicted octanol–water partition coefficient (Wildman–Crippen LogP) is 5.56. The molecule has 4 aromatic rings. The minimum atomic E-state index is -0.214. The number of ketones is 1. The van der Waals surface area contributed by atoms with Gasteiger partial charge in [-0.25, -0.2) is 0 Å². The third kappa shape index (κ3) is 4.90. The zero-order valence-electron chi connectivity index (χ0n) is 18.9. The Morgan fingerprint density at radius 1 is 0.939 bits per heavy atom. The first-order valence-electron chi connectivity index (χ1n) is 10.9. The first-order valence-corrected chi connectivity index (χ1v) is 10.9. The van der Waals surface area contributed by atoms with Crippen molar-refractivity contribution in [1.82, 2.24) is 15.3 Å². The Morgan fingerprint density at radius 2 is 1.76 bits per heavy atom. The van der Waals surface area contributed by atoms with Gasteiger partial charge in [0.1, 0.15) is 17.2 Å². The van der Waals surface area contributed by atoms with Crippen molar-refractivity contribution < 1.29 is 14.3 Å². The van der Waals surface area contributed by atoms with Crippen LogP contribution in [0.25, 0.3) is 10.9 Å². The normalized spacial score (nSPS) is 10.8. The maximum Gasteiger partial charge on any atom is 0.251 e. The summed E-state index contributed by atoms with van der Waals surface area (Å²) < 4.78 is 6.20. The van der Waals surface area contributed by atoms with Crippen molar-refractivity contribution in [2.75, 3.05) is 0 Å². The number of fused-ring (bicyclic) bond motifs is 1. The van der Waals surface area contributed by atoms with Gasteiger partial charge in [-0.2, -0.15) is 0 Å². The topological polar surface area (TPSA) is 81.2 Å². The quantitative estimate of drug-likeness (QED) is 0.381. The van der Waals surface area contributed by atoms with Gasteiger partial charge in [0, 0.05) is 41.9 Å². The molecule has 166 valence electrons. The third-order valence-corrected chi connectivity index (χ3v) is 5.49. The molecule has 0 aliphatic carbocycles. The summed E-state index contributed by atoms with van der Waals surface area (Å²) in [6.07, 6.45) is 3.70. The van der Waals surface area contributed by atoms with Gasteiger partial charge < -0.3 is 10.1 Å². The van der Waals surface area contributed by atoms with Gasteiger partial charge in [-0.3, -0.25) is 19.6 Å². The minimum Gasteiger partial charge on any atom is -0.456 e. The molecule has 0 spiro atoms. The predicted molar refractivity (Wildman–Crippen MR) is 128 cm³/mol. The lowest BCUT2D eigenvalue weighted by molar-refractivity contribution is 0.0949. The largest absolute Gasteiger partial charge is 0.456 e. The number of hydrogen-bond acceptors (Lipinski definition) is 5. The van der Waals surface area contributed by atoms with Gasteiger partial charge in [0.05, 0.1) is 5.52 Å². The number of ether oxygens (including phenoxy) is 1. The highest BCUT2D eigenvalue weighted by molar-refractivity contribution is 5.96. The summed E-state index contributed by atoms with van der Waals surface area (Å²) in [5.74, 6) is 1.05. The molecule has 0 radical (unpaired) electrons. The number of carbonyl (C=O) groups is 2. The molecule has 0 fully saturated rings. The molecule has 0 saturated heterocycles. The molecular formula is C27H25N3O3. The molecule has 2 aromatic carbocycles. The van der Waals surface area contributed by atoms with Gasteiger partial charge in [0.25, 0.3) is 5.91 Å². The van der Waals surface area contributed by atoms with E-state index in [0.29, 0.717) is 35.7 Å². The summed E-state index contributed by atoms with van der Waals surface area (Å²) >= 11 is 0. The van der Waals surface area contributed by atoms with Gasteiger partial charge in [0.2, 0.25) is 0 Å². The second-order valence-corrected chi connectivity index (χ2v) is 7.87. The average Bonchev–Trinajstić information content (AvgIpc) is 2.83. The number of nitrogens with one attached hydrogen (secondary N) is 1. The fraction of sp³-hybridized carbons (Fsp3) is 0.185. The molecule has 0 aliphatic heterocycles. The molecule has 0 unspecified atom stereocenters. The second kappa shape index (κ2) is 9.61. The Morgan fingerprint density at radius 3 is 2.58 bits per heavy atom. The van der Waals surface area contributed by atoms with Gasteiger partial charge >= 0.3 is 0 Å². The molecule has 4 rings (SSSR count). The Labute approximate surface area is 192 Å². The average molecular weight is 440 g/mol. The molecule has 0 aliphatic rings. The zero-order valence-corrected chi connectivity index (χ0v) is 18.9. The molecule has 1 N–H and O–H groups in total. The van der Waals surface area contributed by atoms with E-state index in [4.69, 9.17) is 4.74 Å². The van der Waals surface area contributed by atoms with Crippen LogP contribution in [0.2, 0.25) is 0 Å². The second-order valence-electron chi connectivity index (χ2n) is 7.87. The smallest absolute Gasteiger partial charge is 0.251 e. The standard InChI is InChI=1S/C27H25N3O3/c1-4-24(31)23-15-19(10-12-29-23)16-30-27(32)20-6-5-7-25(18(20)3)33-26-11-13-28-22-14-17(2)8-9-21(22)26/h5-15H,4,16H2,1-3H3,(H,30,32). The molecule has 0 saturated carbocycles. The van der Waals surface area contributed by atoms with Crippen molar-refractivity contribution in [1.29, 1.82) is 0 Å².